The number of nitrogens with one attached hydrogen (secondary N) is 1. The van der Waals surface area contributed by atoms with E-state index in [9.17, 15) is 14.4 Å². The fourth-order valence-corrected chi connectivity index (χ4v) is 1.31. The first kappa shape index (κ1) is 18.8. The summed E-state index contributed by atoms with van der Waals surface area (Å²) in [6.07, 6.45) is 0. The van der Waals surface area contributed by atoms with Crippen molar-refractivity contribution in [1.82, 2.24) is 15.1 Å². The second kappa shape index (κ2) is 7.68. The maximum atomic E-state index is 12.0. The Bertz CT molecular complexity index is 318. The first-order valence-corrected chi connectivity index (χ1v) is 5.45. The highest BCUT2D eigenvalue weighted by atomic mass is 16.2. The maximum absolute atomic E-state index is 12.0. The van der Waals surface area contributed by atoms with E-state index in [4.69, 9.17) is 0 Å². The summed E-state index contributed by atoms with van der Waals surface area (Å²) in [5.74, 6) is -0.691. The van der Waals surface area contributed by atoms with Crippen molar-refractivity contribution >= 4 is 17.7 Å². The lowest BCUT2D eigenvalue weighted by molar-refractivity contribution is -0.145. The van der Waals surface area contributed by atoms with Crippen LogP contribution in [0.2, 0.25) is 0 Å². The molecule has 0 aromatic heterocycles. The maximum Gasteiger partial charge on any atom is 0.245 e. The molecular weight excluding hydrogens is 234 g/mol. The zero-order chi connectivity index (χ0) is 13.7. The molecule has 6 nitrogen and oxygen atoms in total. The van der Waals surface area contributed by atoms with E-state index in [0.717, 1.165) is 0 Å². The lowest BCUT2D eigenvalue weighted by Crippen LogP contribution is -2.52. The summed E-state index contributed by atoms with van der Waals surface area (Å²) in [5.41, 5.74) is 0. The average molecular weight is 259 g/mol. The van der Waals surface area contributed by atoms with Crippen molar-refractivity contribution in [3.8, 4) is 0 Å². The predicted molar refractivity (Wildman–Crippen MR) is 70.9 cm³/mol. The van der Waals surface area contributed by atoms with Crippen LogP contribution in [0.25, 0.3) is 0 Å². The largest absolute Gasteiger partial charge is 0.357 e. The van der Waals surface area contributed by atoms with E-state index in [1.54, 1.807) is 27.9 Å². The molecule has 0 rings (SSSR count). The van der Waals surface area contributed by atoms with Gasteiger partial charge in [0, 0.05) is 28.1 Å². The second-order valence-electron chi connectivity index (χ2n) is 4.05. The molecule has 0 saturated heterocycles. The minimum atomic E-state index is -0.579. The van der Waals surface area contributed by atoms with E-state index in [1.165, 1.54) is 23.8 Å². The highest BCUT2D eigenvalue weighted by Crippen LogP contribution is 2.04. The van der Waals surface area contributed by atoms with Crippen molar-refractivity contribution in [1.29, 1.82) is 0 Å². The predicted octanol–water partition coefficient (Wildman–Crippen LogP) is 0.0822. The zero-order valence-corrected chi connectivity index (χ0v) is 11.3. The fraction of sp³-hybridized carbons (Fsp3) is 0.750. The van der Waals surface area contributed by atoms with E-state index in [-0.39, 0.29) is 25.1 Å². The van der Waals surface area contributed by atoms with Gasteiger partial charge in [-0.05, 0) is 13.8 Å². The van der Waals surface area contributed by atoms with Crippen LogP contribution in [0.15, 0.2) is 0 Å². The summed E-state index contributed by atoms with van der Waals surface area (Å²) in [6, 6.07) is -1.14. The molecule has 0 heterocycles. The fourth-order valence-electron chi connectivity index (χ4n) is 1.31. The van der Waals surface area contributed by atoms with Gasteiger partial charge in [0.2, 0.25) is 17.7 Å². The lowest BCUT2D eigenvalue weighted by Gasteiger charge is -2.30. The van der Waals surface area contributed by atoms with Crippen molar-refractivity contribution < 1.29 is 14.4 Å². The van der Waals surface area contributed by atoms with Crippen LogP contribution in [0.5, 0.6) is 0 Å². The van der Waals surface area contributed by atoms with Crippen molar-refractivity contribution in [3.63, 3.8) is 0 Å². The van der Waals surface area contributed by atoms with Gasteiger partial charge in [0.05, 0.1) is 0 Å². The summed E-state index contributed by atoms with van der Waals surface area (Å²) in [5, 5.41) is 2.48. The number of carbonyl (C=O) groups excluding carboxylic acids is 3. The smallest absolute Gasteiger partial charge is 0.245 e. The molecule has 3 amide bonds. The van der Waals surface area contributed by atoms with E-state index >= 15 is 0 Å². The first-order chi connectivity index (χ1) is 7.73. The number of carbonyl (C=O) groups is 3. The van der Waals surface area contributed by atoms with Crippen LogP contribution in [0.3, 0.4) is 0 Å². The van der Waals surface area contributed by atoms with Crippen molar-refractivity contribution in [2.45, 2.75) is 40.3 Å². The summed E-state index contributed by atoms with van der Waals surface area (Å²) < 4.78 is 0. The first-order valence-electron chi connectivity index (χ1n) is 5.45. The zero-order valence-electron chi connectivity index (χ0n) is 11.3. The van der Waals surface area contributed by atoms with Crippen LogP contribution in [0.4, 0.5) is 0 Å². The van der Waals surface area contributed by atoms with Gasteiger partial charge in [0.1, 0.15) is 12.1 Å². The van der Waals surface area contributed by atoms with Crippen LogP contribution in [-0.4, -0.2) is 60.7 Å². The Labute approximate surface area is 109 Å². The molecule has 2 atom stereocenters. The van der Waals surface area contributed by atoms with E-state index in [1.807, 2.05) is 0 Å². The Hall–Kier alpha value is -1.59. The van der Waals surface area contributed by atoms with Gasteiger partial charge in [-0.2, -0.15) is 0 Å². The Morgan fingerprint density at radius 3 is 1.78 bits per heavy atom. The third kappa shape index (κ3) is 4.35. The van der Waals surface area contributed by atoms with Crippen molar-refractivity contribution in [2.75, 3.05) is 21.1 Å². The summed E-state index contributed by atoms with van der Waals surface area (Å²) in [7, 11) is 4.62. The van der Waals surface area contributed by atoms with Gasteiger partial charge in [-0.15, -0.1) is 0 Å². The monoisotopic (exact) mass is 259 g/mol. The molecular formula is C12H25N3O3. The highest BCUT2D eigenvalue weighted by molar-refractivity contribution is 5.91. The lowest BCUT2D eigenvalue weighted by atomic mass is 10.2. The number of rotatable bonds is 4. The summed E-state index contributed by atoms with van der Waals surface area (Å²) in [4.78, 5) is 37.2. The van der Waals surface area contributed by atoms with Gasteiger partial charge in [-0.1, -0.05) is 7.43 Å². The molecule has 6 heteroatoms. The molecule has 0 saturated carbocycles. The number of hydrogen-bond donors (Lipinski definition) is 1. The molecule has 0 fully saturated rings. The molecule has 0 radical (unpaired) electrons. The van der Waals surface area contributed by atoms with Crippen molar-refractivity contribution in [3.05, 3.63) is 0 Å². The molecule has 0 bridgehead atoms. The standard InChI is InChI=1S/C11H21N3O3.CH4/c1-7(10(16)12-4)14(6)11(17)8(2)13(5)9(3)15;/h7-8H,1-6H3,(H,12,16);1H4/t7-,8-;/m1./s1. The molecule has 0 aliphatic heterocycles. The van der Waals surface area contributed by atoms with E-state index in [0.29, 0.717) is 0 Å². The number of nitrogens with zero attached hydrogens (tertiary/aromatic N) is 2. The van der Waals surface area contributed by atoms with Crippen LogP contribution in [-0.2, 0) is 14.4 Å². The average Bonchev–Trinajstić information content (AvgIpc) is 2.32. The molecule has 0 aliphatic rings. The van der Waals surface area contributed by atoms with Gasteiger partial charge < -0.3 is 15.1 Å². The quantitative estimate of drug-likeness (QED) is 0.777. The van der Waals surface area contributed by atoms with Gasteiger partial charge in [0.15, 0.2) is 0 Å². The number of amides is 3. The Morgan fingerprint density at radius 1 is 1.00 bits per heavy atom. The third-order valence-electron chi connectivity index (χ3n) is 2.99. The van der Waals surface area contributed by atoms with Crippen LogP contribution in [0.1, 0.15) is 28.2 Å². The van der Waals surface area contributed by atoms with Gasteiger partial charge in [0.25, 0.3) is 0 Å². The van der Waals surface area contributed by atoms with Gasteiger partial charge in [-0.25, -0.2) is 0 Å². The van der Waals surface area contributed by atoms with Crippen LogP contribution >= 0.6 is 0 Å². The summed E-state index contributed by atoms with van der Waals surface area (Å²) in [6.45, 7) is 4.67. The molecule has 0 spiro atoms. The molecule has 0 aliphatic carbocycles. The van der Waals surface area contributed by atoms with Gasteiger partial charge in [-0.3, -0.25) is 14.4 Å². The Balaban J connectivity index is 0. The summed E-state index contributed by atoms with van der Waals surface area (Å²) >= 11 is 0. The molecule has 0 aromatic carbocycles. The SMILES string of the molecule is C.CNC(=O)[C@@H](C)N(C)C(=O)[C@@H](C)N(C)C(C)=O. The Morgan fingerprint density at radius 2 is 1.44 bits per heavy atom. The van der Waals surface area contributed by atoms with Gasteiger partial charge >= 0.3 is 0 Å². The van der Waals surface area contributed by atoms with Crippen LogP contribution < -0.4 is 5.32 Å². The molecule has 106 valence electrons. The third-order valence-corrected chi connectivity index (χ3v) is 2.99. The minimum absolute atomic E-state index is 0. The van der Waals surface area contributed by atoms with Crippen molar-refractivity contribution in [2.24, 2.45) is 0 Å². The molecule has 0 aromatic rings. The minimum Gasteiger partial charge on any atom is -0.357 e. The van der Waals surface area contributed by atoms with E-state index in [2.05, 4.69) is 5.32 Å². The van der Waals surface area contributed by atoms with E-state index < -0.39 is 12.1 Å². The Kier molecular flexibility index (Phi) is 8.01. The molecule has 18 heavy (non-hydrogen) atoms. The van der Waals surface area contributed by atoms with Crippen LogP contribution in [0, 0.1) is 0 Å². The number of likely N-dealkylation sites (N-methyl/N-ethyl adjacent to an activating group) is 3. The highest BCUT2D eigenvalue weighted by Gasteiger charge is 2.28. The molecule has 0 unspecified atom stereocenters. The number of hydrogen-bond acceptors (Lipinski definition) is 3. The second-order valence-corrected chi connectivity index (χ2v) is 4.05. The molecule has 1 N–H and O–H groups in total. The normalized spacial score (nSPS) is 12.8. The topological polar surface area (TPSA) is 69.7 Å².